The zero-order valence-corrected chi connectivity index (χ0v) is 19.8. The number of rotatable bonds is 6. The Morgan fingerprint density at radius 1 is 1.12 bits per heavy atom. The first-order valence-electron chi connectivity index (χ1n) is 12.2. The van der Waals surface area contributed by atoms with Crippen LogP contribution in [0.2, 0.25) is 0 Å². The van der Waals surface area contributed by atoms with Crippen LogP contribution >= 0.6 is 0 Å². The number of hydrogen-bond acceptors (Lipinski definition) is 6. The molecule has 0 radical (unpaired) electrons. The quantitative estimate of drug-likeness (QED) is 0.670. The summed E-state index contributed by atoms with van der Waals surface area (Å²) >= 11 is 0. The maximum atomic E-state index is 13.0. The van der Waals surface area contributed by atoms with E-state index >= 15 is 0 Å². The summed E-state index contributed by atoms with van der Waals surface area (Å²) in [4.78, 5) is 41.4. The van der Waals surface area contributed by atoms with Crippen LogP contribution in [0.5, 0.6) is 0 Å². The summed E-state index contributed by atoms with van der Waals surface area (Å²) in [5, 5.41) is 0. The van der Waals surface area contributed by atoms with Gasteiger partial charge in [-0.2, -0.15) is 0 Å². The van der Waals surface area contributed by atoms with Crippen LogP contribution in [0.3, 0.4) is 0 Å². The van der Waals surface area contributed by atoms with E-state index in [9.17, 15) is 9.59 Å². The third-order valence-corrected chi connectivity index (χ3v) is 7.03. The number of likely N-dealkylation sites (tertiary alicyclic amines) is 1. The lowest BCUT2D eigenvalue weighted by atomic mass is 9.94. The molecule has 1 aromatic heterocycles. The molecule has 2 saturated heterocycles. The second-order valence-electron chi connectivity index (χ2n) is 9.43. The zero-order valence-electron chi connectivity index (χ0n) is 19.8. The molecule has 32 heavy (non-hydrogen) atoms. The molecule has 176 valence electrons. The molecule has 8 nitrogen and oxygen atoms in total. The molecule has 4 rings (SSSR count). The number of aryl methyl sites for hydroxylation is 1. The zero-order chi connectivity index (χ0) is 22.7. The van der Waals surface area contributed by atoms with Crippen molar-refractivity contribution in [3.63, 3.8) is 0 Å². The second kappa shape index (κ2) is 10.3. The number of nitrogens with zero attached hydrogens (tertiary/aromatic N) is 5. The van der Waals surface area contributed by atoms with E-state index in [-0.39, 0.29) is 23.7 Å². The maximum absolute atomic E-state index is 13.0. The van der Waals surface area contributed by atoms with Gasteiger partial charge >= 0.3 is 0 Å². The van der Waals surface area contributed by atoms with E-state index in [1.807, 2.05) is 23.6 Å². The van der Waals surface area contributed by atoms with Gasteiger partial charge in [0, 0.05) is 68.8 Å². The van der Waals surface area contributed by atoms with Crippen LogP contribution in [-0.2, 0) is 20.7 Å². The number of piperidine rings is 1. The van der Waals surface area contributed by atoms with E-state index < -0.39 is 0 Å². The summed E-state index contributed by atoms with van der Waals surface area (Å²) in [5.74, 6) is 2.31. The van der Waals surface area contributed by atoms with Crippen LogP contribution < -0.4 is 4.90 Å². The van der Waals surface area contributed by atoms with E-state index in [0.717, 1.165) is 94.5 Å². The Morgan fingerprint density at radius 2 is 1.84 bits per heavy atom. The topological polar surface area (TPSA) is 78.9 Å². The first kappa shape index (κ1) is 23.1. The first-order chi connectivity index (χ1) is 15.5. The van der Waals surface area contributed by atoms with Crippen molar-refractivity contribution in [1.29, 1.82) is 0 Å². The first-order valence-corrected chi connectivity index (χ1v) is 12.2. The van der Waals surface area contributed by atoms with Crippen molar-refractivity contribution in [2.24, 2.45) is 5.92 Å². The van der Waals surface area contributed by atoms with Crippen LogP contribution in [0.15, 0.2) is 0 Å². The standard InChI is InChI=1S/C24H37N5O3/c1-4-9-29-21(30)6-5-20-18(3)25-22(26-23(20)29)19-7-10-28(11-8-19)24(31)17(2)16-27-12-14-32-15-13-27/h17,19H,4-16H2,1-3H3/t17-/m1/s1. The van der Waals surface area contributed by atoms with Gasteiger partial charge in [-0.05, 0) is 32.6 Å². The van der Waals surface area contributed by atoms with E-state index in [1.54, 1.807) is 0 Å². The molecule has 0 aromatic carbocycles. The molecule has 2 fully saturated rings. The highest BCUT2D eigenvalue weighted by Gasteiger charge is 2.32. The molecule has 1 aromatic rings. The molecular weight excluding hydrogens is 406 g/mol. The number of aromatic nitrogens is 2. The van der Waals surface area contributed by atoms with Gasteiger partial charge in [0.2, 0.25) is 11.8 Å². The van der Waals surface area contributed by atoms with Gasteiger partial charge in [-0.1, -0.05) is 13.8 Å². The van der Waals surface area contributed by atoms with E-state index in [2.05, 4.69) is 11.8 Å². The highest BCUT2D eigenvalue weighted by atomic mass is 16.5. The third-order valence-electron chi connectivity index (χ3n) is 7.03. The Kier molecular flexibility index (Phi) is 7.40. The Morgan fingerprint density at radius 3 is 2.53 bits per heavy atom. The Balaban J connectivity index is 1.39. The molecule has 4 heterocycles. The van der Waals surface area contributed by atoms with Crippen molar-refractivity contribution in [3.05, 3.63) is 17.1 Å². The van der Waals surface area contributed by atoms with Crippen molar-refractivity contribution in [1.82, 2.24) is 19.8 Å². The second-order valence-corrected chi connectivity index (χ2v) is 9.43. The highest BCUT2D eigenvalue weighted by molar-refractivity contribution is 5.95. The minimum absolute atomic E-state index is 0.000466. The predicted molar refractivity (Wildman–Crippen MR) is 123 cm³/mol. The van der Waals surface area contributed by atoms with Gasteiger partial charge in [-0.3, -0.25) is 19.4 Å². The predicted octanol–water partition coefficient (Wildman–Crippen LogP) is 2.15. The molecule has 3 aliphatic heterocycles. The number of carbonyl (C=O) groups excluding carboxylic acids is 2. The molecule has 0 aliphatic carbocycles. The van der Waals surface area contributed by atoms with Crippen LogP contribution in [0.4, 0.5) is 5.82 Å². The number of anilines is 1. The lowest BCUT2D eigenvalue weighted by Crippen LogP contribution is -2.46. The van der Waals surface area contributed by atoms with Gasteiger partial charge in [-0.25, -0.2) is 9.97 Å². The van der Waals surface area contributed by atoms with Gasteiger partial charge in [-0.15, -0.1) is 0 Å². The maximum Gasteiger partial charge on any atom is 0.228 e. The van der Waals surface area contributed by atoms with Crippen molar-refractivity contribution in [2.75, 3.05) is 57.4 Å². The summed E-state index contributed by atoms with van der Waals surface area (Å²) in [6.07, 6.45) is 3.92. The largest absolute Gasteiger partial charge is 0.379 e. The van der Waals surface area contributed by atoms with Gasteiger partial charge in [0.05, 0.1) is 13.2 Å². The number of ether oxygens (including phenoxy) is 1. The van der Waals surface area contributed by atoms with Crippen molar-refractivity contribution in [3.8, 4) is 0 Å². The summed E-state index contributed by atoms with van der Waals surface area (Å²) in [6.45, 7) is 12.5. The van der Waals surface area contributed by atoms with Crippen LogP contribution in [0.25, 0.3) is 0 Å². The molecule has 8 heteroatoms. The van der Waals surface area contributed by atoms with E-state index in [4.69, 9.17) is 14.7 Å². The van der Waals surface area contributed by atoms with Gasteiger partial charge in [0.1, 0.15) is 11.6 Å². The molecule has 0 N–H and O–H groups in total. The SMILES string of the molecule is CCCN1C(=O)CCc2c(C)nc(C3CCN(C(=O)[C@H](C)CN4CCOCC4)CC3)nc21. The normalized spacial score (nSPS) is 21.5. The number of fused-ring (bicyclic) bond motifs is 1. The Hall–Kier alpha value is -2.06. The lowest BCUT2D eigenvalue weighted by molar-refractivity contribution is -0.137. The summed E-state index contributed by atoms with van der Waals surface area (Å²) in [6, 6.07) is 0. The molecule has 0 saturated carbocycles. The van der Waals surface area contributed by atoms with Crippen LogP contribution in [-0.4, -0.2) is 84.1 Å². The molecule has 3 aliphatic rings. The van der Waals surface area contributed by atoms with E-state index in [0.29, 0.717) is 13.0 Å². The lowest BCUT2D eigenvalue weighted by Gasteiger charge is -2.35. The number of morpholine rings is 1. The van der Waals surface area contributed by atoms with Crippen LogP contribution in [0.1, 0.15) is 62.5 Å². The van der Waals surface area contributed by atoms with Gasteiger partial charge in [0.25, 0.3) is 0 Å². The number of amides is 2. The minimum Gasteiger partial charge on any atom is -0.379 e. The van der Waals surface area contributed by atoms with Gasteiger partial charge < -0.3 is 9.64 Å². The molecule has 2 amide bonds. The fourth-order valence-corrected chi connectivity index (χ4v) is 5.16. The summed E-state index contributed by atoms with van der Waals surface area (Å²) in [5.41, 5.74) is 2.11. The average Bonchev–Trinajstić information content (AvgIpc) is 2.81. The fourth-order valence-electron chi connectivity index (χ4n) is 5.16. The average molecular weight is 444 g/mol. The summed E-state index contributed by atoms with van der Waals surface area (Å²) in [7, 11) is 0. The Bertz CT molecular complexity index is 831. The van der Waals surface area contributed by atoms with Crippen molar-refractivity contribution < 1.29 is 14.3 Å². The highest BCUT2D eigenvalue weighted by Crippen LogP contribution is 2.33. The van der Waals surface area contributed by atoms with Crippen molar-refractivity contribution >= 4 is 17.6 Å². The molecule has 0 bridgehead atoms. The summed E-state index contributed by atoms with van der Waals surface area (Å²) < 4.78 is 5.41. The number of hydrogen-bond donors (Lipinski definition) is 0. The van der Waals surface area contributed by atoms with Crippen molar-refractivity contribution in [2.45, 2.75) is 58.8 Å². The third kappa shape index (κ3) is 4.96. The Labute approximate surface area is 191 Å². The van der Waals surface area contributed by atoms with Gasteiger partial charge in [0.15, 0.2) is 0 Å². The monoisotopic (exact) mass is 443 g/mol. The van der Waals surface area contributed by atoms with Crippen LogP contribution in [0, 0.1) is 12.8 Å². The molecule has 0 spiro atoms. The van der Waals surface area contributed by atoms with E-state index in [1.165, 1.54) is 0 Å². The number of carbonyl (C=O) groups is 2. The smallest absolute Gasteiger partial charge is 0.228 e. The minimum atomic E-state index is 0.000466. The fraction of sp³-hybridized carbons (Fsp3) is 0.750. The molecule has 0 unspecified atom stereocenters. The molecule has 1 atom stereocenters. The molecular formula is C24H37N5O3.